The summed E-state index contributed by atoms with van der Waals surface area (Å²) in [5.41, 5.74) is 5.36. The van der Waals surface area contributed by atoms with Crippen LogP contribution in [0.2, 0.25) is 0 Å². The van der Waals surface area contributed by atoms with Crippen LogP contribution in [0, 0.1) is 0 Å². The molecule has 8 nitrogen and oxygen atoms in total. The van der Waals surface area contributed by atoms with E-state index in [9.17, 15) is 9.59 Å². The number of benzene rings is 3. The first-order valence-corrected chi connectivity index (χ1v) is 17.5. The molecule has 250 valence electrons. The Kier molecular flexibility index (Phi) is 10.4. The second kappa shape index (κ2) is 15.0. The second-order valence-corrected chi connectivity index (χ2v) is 13.5. The number of fused-ring (bicyclic) bond motifs is 1. The molecule has 1 aromatic heterocycles. The van der Waals surface area contributed by atoms with E-state index >= 15 is 0 Å². The predicted octanol–water partition coefficient (Wildman–Crippen LogP) is 7.54. The van der Waals surface area contributed by atoms with Crippen LogP contribution in [0.15, 0.2) is 84.9 Å². The van der Waals surface area contributed by atoms with Gasteiger partial charge >= 0.3 is 0 Å². The molecule has 1 saturated carbocycles. The van der Waals surface area contributed by atoms with E-state index in [-0.39, 0.29) is 36.0 Å². The Morgan fingerprint density at radius 2 is 1.25 bits per heavy atom. The number of carbonyl (C=O) groups excluding carboxylic acids is 2. The quantitative estimate of drug-likeness (QED) is 0.185. The lowest BCUT2D eigenvalue weighted by atomic mass is 9.90. The second-order valence-electron chi connectivity index (χ2n) is 13.5. The molecule has 2 amide bonds. The molecule has 2 atom stereocenters. The van der Waals surface area contributed by atoms with Crippen LogP contribution >= 0.6 is 0 Å². The van der Waals surface area contributed by atoms with Crippen molar-refractivity contribution in [2.75, 3.05) is 24.3 Å². The highest BCUT2D eigenvalue weighted by Crippen LogP contribution is 2.33. The normalized spacial score (nSPS) is 18.6. The van der Waals surface area contributed by atoms with Crippen LogP contribution in [-0.2, 0) is 12.8 Å². The van der Waals surface area contributed by atoms with E-state index in [1.54, 1.807) is 12.1 Å². The van der Waals surface area contributed by atoms with E-state index in [0.29, 0.717) is 17.1 Å². The predicted molar refractivity (Wildman–Crippen MR) is 192 cm³/mol. The van der Waals surface area contributed by atoms with Gasteiger partial charge in [0, 0.05) is 31.7 Å². The average Bonchev–Trinajstić information content (AvgIpc) is 3.12. The molecule has 0 radical (unpaired) electrons. The number of hydrogen-bond donors (Lipinski definition) is 2. The van der Waals surface area contributed by atoms with E-state index in [1.165, 1.54) is 24.1 Å². The van der Waals surface area contributed by atoms with Crippen LogP contribution in [0.5, 0.6) is 0 Å². The van der Waals surface area contributed by atoms with Crippen LogP contribution in [0.25, 0.3) is 0 Å². The highest BCUT2D eigenvalue weighted by molar-refractivity contribution is 6.07. The van der Waals surface area contributed by atoms with Crippen LogP contribution < -0.4 is 15.5 Å². The number of anilines is 2. The number of rotatable bonds is 10. The summed E-state index contributed by atoms with van der Waals surface area (Å²) in [7, 11) is 4.09. The zero-order valence-electron chi connectivity index (χ0n) is 28.7. The maximum Gasteiger partial charge on any atom is 0.255 e. The van der Waals surface area contributed by atoms with Gasteiger partial charge in [-0.1, -0.05) is 72.8 Å². The van der Waals surface area contributed by atoms with Crippen molar-refractivity contribution in [2.45, 2.75) is 89.4 Å². The number of aromatic nitrogens is 2. The first kappa shape index (κ1) is 33.2. The molecule has 0 saturated heterocycles. The molecule has 0 unspecified atom stereocenters. The van der Waals surface area contributed by atoms with Crippen molar-refractivity contribution in [3.63, 3.8) is 0 Å². The molecule has 3 aromatic carbocycles. The fourth-order valence-corrected chi connectivity index (χ4v) is 7.31. The lowest BCUT2D eigenvalue weighted by Crippen LogP contribution is -2.41. The summed E-state index contributed by atoms with van der Waals surface area (Å²) in [4.78, 5) is 42.1. The summed E-state index contributed by atoms with van der Waals surface area (Å²) >= 11 is 0. The maximum atomic E-state index is 14.5. The van der Waals surface area contributed by atoms with Gasteiger partial charge in [0.05, 0.1) is 28.9 Å². The molecule has 1 heterocycles. The minimum absolute atomic E-state index is 0.0306. The fourth-order valence-electron chi connectivity index (χ4n) is 7.31. The molecular weight excluding hydrogens is 596 g/mol. The van der Waals surface area contributed by atoms with Gasteiger partial charge in [0.2, 0.25) is 5.95 Å². The van der Waals surface area contributed by atoms with E-state index in [1.807, 2.05) is 91.8 Å². The maximum absolute atomic E-state index is 14.5. The number of nitrogens with one attached hydrogen (secondary N) is 2. The van der Waals surface area contributed by atoms with Gasteiger partial charge in [0.15, 0.2) is 0 Å². The van der Waals surface area contributed by atoms with Crippen molar-refractivity contribution in [1.29, 1.82) is 0 Å². The fraction of sp³-hybridized carbons (Fsp3) is 0.400. The van der Waals surface area contributed by atoms with E-state index < -0.39 is 0 Å². The molecule has 0 bridgehead atoms. The smallest absolute Gasteiger partial charge is 0.255 e. The molecular formula is C40H48N6O2. The van der Waals surface area contributed by atoms with Gasteiger partial charge in [-0.3, -0.25) is 9.59 Å². The SMILES string of the molecule is C[C@@H](c1ccccc1)N(C(=O)c1ccccc1C(=O)N[C@H]1CC[C@@H](Nc2nc3c(c(N(C)C)n2)CCCC3)CC1)[C@@H](C)c1ccccc1. The monoisotopic (exact) mass is 644 g/mol. The van der Waals surface area contributed by atoms with Gasteiger partial charge in [-0.2, -0.15) is 4.98 Å². The first-order chi connectivity index (χ1) is 23.3. The molecule has 2 N–H and O–H groups in total. The molecule has 48 heavy (non-hydrogen) atoms. The lowest BCUT2D eigenvalue weighted by Gasteiger charge is -2.36. The third-order valence-electron chi connectivity index (χ3n) is 10.0. The summed E-state index contributed by atoms with van der Waals surface area (Å²) in [5.74, 6) is 1.36. The largest absolute Gasteiger partial charge is 0.362 e. The highest BCUT2D eigenvalue weighted by atomic mass is 16.2. The Morgan fingerprint density at radius 1 is 0.708 bits per heavy atom. The minimum atomic E-state index is -0.208. The third-order valence-corrected chi connectivity index (χ3v) is 10.0. The summed E-state index contributed by atoms with van der Waals surface area (Å²) in [6.07, 6.45) is 7.89. The van der Waals surface area contributed by atoms with E-state index in [2.05, 4.69) is 29.4 Å². The molecule has 6 rings (SSSR count). The van der Waals surface area contributed by atoms with Crippen molar-refractivity contribution in [3.8, 4) is 0 Å². The zero-order valence-corrected chi connectivity index (χ0v) is 28.7. The number of amides is 2. The molecule has 2 aliphatic rings. The van der Waals surface area contributed by atoms with Crippen molar-refractivity contribution in [3.05, 3.63) is 118 Å². The van der Waals surface area contributed by atoms with Crippen LogP contribution in [0.4, 0.5) is 11.8 Å². The van der Waals surface area contributed by atoms with Crippen molar-refractivity contribution in [1.82, 2.24) is 20.2 Å². The van der Waals surface area contributed by atoms with Crippen molar-refractivity contribution < 1.29 is 9.59 Å². The zero-order chi connectivity index (χ0) is 33.6. The summed E-state index contributed by atoms with van der Waals surface area (Å²) in [5, 5.41) is 6.87. The molecule has 4 aromatic rings. The van der Waals surface area contributed by atoms with E-state index in [0.717, 1.165) is 55.5 Å². The topological polar surface area (TPSA) is 90.5 Å². The summed E-state index contributed by atoms with van der Waals surface area (Å²) in [6.45, 7) is 4.11. The lowest BCUT2D eigenvalue weighted by molar-refractivity contribution is 0.0599. The standard InChI is InChI=1S/C40H48N6O2/c1-27(29-15-7-5-8-16-29)46(28(2)30-17-9-6-10-18-30)39(48)34-20-12-11-19-33(34)38(47)41-31-23-25-32(26-24-31)42-40-43-36-22-14-13-21-35(36)37(44-40)45(3)4/h5-12,15-20,27-28,31-32H,13-14,21-26H2,1-4H3,(H,41,47)(H,42,43,44)/t27-,28-,31-,32+/m0/s1. The molecule has 1 fully saturated rings. The number of aryl methyl sites for hydroxylation is 1. The third kappa shape index (κ3) is 7.38. The highest BCUT2D eigenvalue weighted by Gasteiger charge is 2.32. The van der Waals surface area contributed by atoms with Gasteiger partial charge in [-0.15, -0.1) is 0 Å². The van der Waals surface area contributed by atoms with Gasteiger partial charge in [0.1, 0.15) is 5.82 Å². The average molecular weight is 645 g/mol. The molecule has 8 heteroatoms. The Bertz CT molecular complexity index is 1660. The van der Waals surface area contributed by atoms with Crippen LogP contribution in [0.1, 0.15) is 108 Å². The summed E-state index contributed by atoms with van der Waals surface area (Å²) < 4.78 is 0. The first-order valence-electron chi connectivity index (χ1n) is 17.5. The Morgan fingerprint density at radius 3 is 1.85 bits per heavy atom. The van der Waals surface area contributed by atoms with Crippen LogP contribution in [-0.4, -0.2) is 52.9 Å². The van der Waals surface area contributed by atoms with Gasteiger partial charge in [0.25, 0.3) is 11.8 Å². The summed E-state index contributed by atoms with van der Waals surface area (Å²) in [6, 6.07) is 27.2. The van der Waals surface area contributed by atoms with Crippen molar-refractivity contribution in [2.24, 2.45) is 0 Å². The van der Waals surface area contributed by atoms with Gasteiger partial charge in [-0.05, 0) is 88.5 Å². The number of hydrogen-bond acceptors (Lipinski definition) is 6. The molecule has 0 aliphatic heterocycles. The number of nitrogens with zero attached hydrogens (tertiary/aromatic N) is 4. The van der Waals surface area contributed by atoms with Gasteiger partial charge < -0.3 is 20.4 Å². The minimum Gasteiger partial charge on any atom is -0.362 e. The molecule has 2 aliphatic carbocycles. The Hall–Kier alpha value is -4.72. The Balaban J connectivity index is 1.14. The number of carbonyl (C=O) groups is 2. The van der Waals surface area contributed by atoms with E-state index in [4.69, 9.17) is 9.97 Å². The Labute approximate surface area is 285 Å². The van der Waals surface area contributed by atoms with Crippen molar-refractivity contribution >= 4 is 23.6 Å². The molecule has 0 spiro atoms. The van der Waals surface area contributed by atoms with Crippen LogP contribution in [0.3, 0.4) is 0 Å². The van der Waals surface area contributed by atoms with Gasteiger partial charge in [-0.25, -0.2) is 4.98 Å².